The number of rotatable bonds is 7. The van der Waals surface area contributed by atoms with Crippen molar-refractivity contribution >= 4 is 5.91 Å². The number of tetrazole rings is 1. The van der Waals surface area contributed by atoms with Crippen LogP contribution in [0.1, 0.15) is 28.9 Å². The topological polar surface area (TPSA) is 105 Å². The lowest BCUT2D eigenvalue weighted by atomic mass is 10.0. The largest absolute Gasteiger partial charge is 0.379 e. The SMILES string of the molecule is Cc1cnc(CN(C)C(=O)Cn2nnnc2[C@@H](c2ccccc2)N2CCOCC2)[nH]1. The summed E-state index contributed by atoms with van der Waals surface area (Å²) in [6.45, 7) is 5.27. The summed E-state index contributed by atoms with van der Waals surface area (Å²) in [5, 5.41) is 12.3. The molecule has 1 aromatic carbocycles. The quantitative estimate of drug-likeness (QED) is 0.614. The molecule has 1 atom stereocenters. The van der Waals surface area contributed by atoms with Crippen LogP contribution in [-0.2, 0) is 22.6 Å². The third kappa shape index (κ3) is 4.55. The molecule has 30 heavy (non-hydrogen) atoms. The maximum absolute atomic E-state index is 12.8. The summed E-state index contributed by atoms with van der Waals surface area (Å²) in [5.41, 5.74) is 2.05. The van der Waals surface area contributed by atoms with E-state index in [9.17, 15) is 4.79 Å². The molecule has 3 aromatic rings. The van der Waals surface area contributed by atoms with Gasteiger partial charge in [0.1, 0.15) is 12.4 Å². The maximum atomic E-state index is 12.8. The van der Waals surface area contributed by atoms with Crippen molar-refractivity contribution in [1.82, 2.24) is 40.0 Å². The van der Waals surface area contributed by atoms with Crippen molar-refractivity contribution < 1.29 is 9.53 Å². The van der Waals surface area contributed by atoms with Gasteiger partial charge in [-0.2, -0.15) is 0 Å². The van der Waals surface area contributed by atoms with Gasteiger partial charge in [-0.25, -0.2) is 9.67 Å². The Labute approximate surface area is 174 Å². The number of aromatic amines is 1. The Morgan fingerprint density at radius 2 is 2.03 bits per heavy atom. The molecule has 0 spiro atoms. The smallest absolute Gasteiger partial charge is 0.244 e. The van der Waals surface area contributed by atoms with Gasteiger partial charge >= 0.3 is 0 Å². The van der Waals surface area contributed by atoms with Crippen LogP contribution in [0.2, 0.25) is 0 Å². The monoisotopic (exact) mass is 410 g/mol. The maximum Gasteiger partial charge on any atom is 0.244 e. The number of imidazole rings is 1. The second-order valence-electron chi connectivity index (χ2n) is 7.42. The van der Waals surface area contributed by atoms with Gasteiger partial charge in [0.2, 0.25) is 5.91 Å². The minimum Gasteiger partial charge on any atom is -0.379 e. The van der Waals surface area contributed by atoms with Gasteiger partial charge in [-0.3, -0.25) is 9.69 Å². The lowest BCUT2D eigenvalue weighted by molar-refractivity contribution is -0.131. The molecular formula is C20H26N8O2. The van der Waals surface area contributed by atoms with Crippen LogP contribution >= 0.6 is 0 Å². The number of aryl methyl sites for hydroxylation is 1. The Balaban J connectivity index is 1.54. The molecule has 158 valence electrons. The minimum atomic E-state index is -0.143. The van der Waals surface area contributed by atoms with E-state index in [1.165, 1.54) is 0 Å². The van der Waals surface area contributed by atoms with E-state index in [-0.39, 0.29) is 18.5 Å². The van der Waals surface area contributed by atoms with Gasteiger partial charge in [0.15, 0.2) is 5.82 Å². The molecule has 2 aromatic heterocycles. The number of hydrogen-bond acceptors (Lipinski definition) is 7. The van der Waals surface area contributed by atoms with Crippen LogP contribution in [-0.4, -0.2) is 79.2 Å². The zero-order chi connectivity index (χ0) is 20.9. The molecule has 4 rings (SSSR count). The second-order valence-corrected chi connectivity index (χ2v) is 7.42. The summed E-state index contributed by atoms with van der Waals surface area (Å²) in [7, 11) is 1.75. The van der Waals surface area contributed by atoms with E-state index >= 15 is 0 Å². The van der Waals surface area contributed by atoms with E-state index in [1.54, 1.807) is 22.8 Å². The summed E-state index contributed by atoms with van der Waals surface area (Å²) < 4.78 is 7.11. The number of hydrogen-bond donors (Lipinski definition) is 1. The number of H-pyrrole nitrogens is 1. The van der Waals surface area contributed by atoms with Gasteiger partial charge in [0, 0.05) is 32.0 Å². The van der Waals surface area contributed by atoms with Crippen LogP contribution in [0.5, 0.6) is 0 Å². The highest BCUT2D eigenvalue weighted by Crippen LogP contribution is 2.27. The van der Waals surface area contributed by atoms with Crippen molar-refractivity contribution in [1.29, 1.82) is 0 Å². The van der Waals surface area contributed by atoms with Crippen LogP contribution in [0.3, 0.4) is 0 Å². The van der Waals surface area contributed by atoms with Crippen LogP contribution in [0, 0.1) is 6.92 Å². The third-order valence-corrected chi connectivity index (χ3v) is 5.18. The molecular weight excluding hydrogens is 384 g/mol. The molecule has 1 fully saturated rings. The molecule has 0 radical (unpaired) electrons. The molecule has 0 bridgehead atoms. The Morgan fingerprint density at radius 3 is 2.73 bits per heavy atom. The highest BCUT2D eigenvalue weighted by Gasteiger charge is 2.30. The molecule has 1 saturated heterocycles. The average Bonchev–Trinajstić information content (AvgIpc) is 3.38. The molecule has 1 aliphatic heterocycles. The second kappa shape index (κ2) is 9.14. The standard InChI is InChI=1S/C20H26N8O2/c1-15-12-21-17(22-15)13-26(2)18(29)14-28-20(23-24-25-28)19(16-6-4-3-5-7-16)27-8-10-30-11-9-27/h3-7,12,19H,8-11,13-14H2,1-2H3,(H,21,22)/t19-/m1/s1. The Kier molecular flexibility index (Phi) is 6.15. The fourth-order valence-corrected chi connectivity index (χ4v) is 3.62. The highest BCUT2D eigenvalue weighted by molar-refractivity contribution is 5.75. The van der Waals surface area contributed by atoms with E-state index in [4.69, 9.17) is 4.74 Å². The van der Waals surface area contributed by atoms with E-state index in [1.807, 2.05) is 25.1 Å². The third-order valence-electron chi connectivity index (χ3n) is 5.18. The molecule has 0 unspecified atom stereocenters. The summed E-state index contributed by atoms with van der Waals surface area (Å²) >= 11 is 0. The number of nitrogens with one attached hydrogen (secondary N) is 1. The molecule has 10 heteroatoms. The van der Waals surface area contributed by atoms with E-state index in [0.717, 1.165) is 30.2 Å². The summed E-state index contributed by atoms with van der Waals surface area (Å²) in [6, 6.07) is 9.97. The molecule has 0 aliphatic carbocycles. The number of carbonyl (C=O) groups is 1. The number of carbonyl (C=O) groups excluding carboxylic acids is 1. The summed E-state index contributed by atoms with van der Waals surface area (Å²) in [6.07, 6.45) is 1.75. The number of likely N-dealkylation sites (N-methyl/N-ethyl adjacent to an activating group) is 1. The number of benzene rings is 1. The molecule has 1 N–H and O–H groups in total. The molecule has 10 nitrogen and oxygen atoms in total. The summed E-state index contributed by atoms with van der Waals surface area (Å²) in [4.78, 5) is 24.2. The number of ether oxygens (including phenoxy) is 1. The van der Waals surface area contributed by atoms with E-state index in [2.05, 4.69) is 42.5 Å². The fourth-order valence-electron chi connectivity index (χ4n) is 3.62. The minimum absolute atomic E-state index is 0.0617. The lowest BCUT2D eigenvalue weighted by Gasteiger charge is -2.33. The first kappa shape index (κ1) is 20.2. The number of morpholine rings is 1. The van der Waals surface area contributed by atoms with Gasteiger partial charge < -0.3 is 14.6 Å². The van der Waals surface area contributed by atoms with Crippen molar-refractivity contribution in [2.75, 3.05) is 33.4 Å². The normalized spacial score (nSPS) is 15.8. The zero-order valence-electron chi connectivity index (χ0n) is 17.2. The number of nitrogens with zero attached hydrogens (tertiary/aromatic N) is 7. The first-order chi connectivity index (χ1) is 14.6. The van der Waals surface area contributed by atoms with Crippen LogP contribution in [0.25, 0.3) is 0 Å². The Bertz CT molecular complexity index is 964. The molecule has 0 saturated carbocycles. The lowest BCUT2D eigenvalue weighted by Crippen LogP contribution is -2.41. The van der Waals surface area contributed by atoms with Crippen LogP contribution < -0.4 is 0 Å². The van der Waals surface area contributed by atoms with Crippen molar-refractivity contribution in [3.63, 3.8) is 0 Å². The summed E-state index contributed by atoms with van der Waals surface area (Å²) in [5.74, 6) is 1.31. The van der Waals surface area contributed by atoms with Gasteiger partial charge in [0.25, 0.3) is 0 Å². The molecule has 3 heterocycles. The van der Waals surface area contributed by atoms with Gasteiger partial charge in [-0.05, 0) is 22.9 Å². The van der Waals surface area contributed by atoms with Crippen LogP contribution in [0.15, 0.2) is 36.5 Å². The first-order valence-electron chi connectivity index (χ1n) is 9.99. The van der Waals surface area contributed by atoms with Crippen molar-refractivity contribution in [3.05, 3.63) is 59.4 Å². The first-order valence-corrected chi connectivity index (χ1v) is 9.99. The molecule has 1 aliphatic rings. The average molecular weight is 410 g/mol. The molecule has 1 amide bonds. The van der Waals surface area contributed by atoms with E-state index < -0.39 is 0 Å². The van der Waals surface area contributed by atoms with Crippen LogP contribution in [0.4, 0.5) is 0 Å². The predicted octanol–water partition coefficient (Wildman–Crippen LogP) is 0.785. The van der Waals surface area contributed by atoms with Crippen molar-refractivity contribution in [2.45, 2.75) is 26.1 Å². The fraction of sp³-hybridized carbons (Fsp3) is 0.450. The number of amides is 1. The Hall–Kier alpha value is -3.11. The van der Waals surface area contributed by atoms with Crippen molar-refractivity contribution in [3.8, 4) is 0 Å². The van der Waals surface area contributed by atoms with Gasteiger partial charge in [0.05, 0.1) is 25.8 Å². The van der Waals surface area contributed by atoms with E-state index in [0.29, 0.717) is 25.6 Å². The highest BCUT2D eigenvalue weighted by atomic mass is 16.5. The predicted molar refractivity (Wildman–Crippen MR) is 108 cm³/mol. The van der Waals surface area contributed by atoms with Gasteiger partial charge in [-0.15, -0.1) is 5.10 Å². The Morgan fingerprint density at radius 1 is 1.27 bits per heavy atom. The van der Waals surface area contributed by atoms with Crippen molar-refractivity contribution in [2.24, 2.45) is 0 Å². The van der Waals surface area contributed by atoms with Gasteiger partial charge in [-0.1, -0.05) is 30.3 Å². The number of aromatic nitrogens is 6. The zero-order valence-corrected chi connectivity index (χ0v) is 17.2.